The van der Waals surface area contributed by atoms with Crippen molar-refractivity contribution in [2.75, 3.05) is 19.6 Å². The second-order valence-electron chi connectivity index (χ2n) is 4.31. The number of nitrogens with one attached hydrogen (secondary N) is 1. The largest absolute Gasteiger partial charge is 0.383 e. The molecule has 72 valence electrons. The van der Waals surface area contributed by atoms with Gasteiger partial charge in [0, 0.05) is 25.7 Å². The summed E-state index contributed by atoms with van der Waals surface area (Å²) in [5, 5.41) is 12.6. The van der Waals surface area contributed by atoms with Crippen molar-refractivity contribution in [2.45, 2.75) is 18.6 Å². The molecule has 0 aromatic rings. The molecule has 2 heterocycles. The number of fused-ring (bicyclic) bond motifs is 1. The normalized spacial score (nSPS) is 48.4. The quantitative estimate of drug-likeness (QED) is 0.535. The molecule has 4 heteroatoms. The number of rotatable bonds is 1. The van der Waals surface area contributed by atoms with Crippen LogP contribution in [0.4, 0.5) is 0 Å². The van der Waals surface area contributed by atoms with Crippen LogP contribution >= 0.6 is 0 Å². The molecule has 0 radical (unpaired) electrons. The second-order valence-corrected chi connectivity index (χ2v) is 4.31. The van der Waals surface area contributed by atoms with Crippen LogP contribution in [0.5, 0.6) is 0 Å². The van der Waals surface area contributed by atoms with E-state index in [1.807, 2.05) is 4.90 Å². The number of hydrogen-bond acceptors (Lipinski definition) is 3. The zero-order chi connectivity index (χ0) is 9.00. The van der Waals surface area contributed by atoms with Crippen molar-refractivity contribution >= 4 is 5.91 Å². The third-order valence-electron chi connectivity index (χ3n) is 3.62. The monoisotopic (exact) mass is 182 g/mol. The Labute approximate surface area is 76.9 Å². The molecule has 13 heavy (non-hydrogen) atoms. The lowest BCUT2D eigenvalue weighted by Gasteiger charge is -2.18. The van der Waals surface area contributed by atoms with Crippen molar-refractivity contribution in [2.24, 2.45) is 11.8 Å². The van der Waals surface area contributed by atoms with E-state index in [9.17, 15) is 9.90 Å². The number of carbonyl (C=O) groups excluding carboxylic acids is 1. The van der Waals surface area contributed by atoms with Gasteiger partial charge in [-0.1, -0.05) is 0 Å². The molecule has 2 saturated heterocycles. The van der Waals surface area contributed by atoms with Crippen molar-refractivity contribution in [3.8, 4) is 0 Å². The zero-order valence-corrected chi connectivity index (χ0v) is 7.44. The smallest absolute Gasteiger partial charge is 0.251 e. The van der Waals surface area contributed by atoms with Crippen LogP contribution in [-0.4, -0.2) is 47.7 Å². The van der Waals surface area contributed by atoms with E-state index >= 15 is 0 Å². The van der Waals surface area contributed by atoms with Gasteiger partial charge in [-0.15, -0.1) is 0 Å². The topological polar surface area (TPSA) is 52.6 Å². The Balaban J connectivity index is 1.71. The molecular weight excluding hydrogens is 168 g/mol. The van der Waals surface area contributed by atoms with E-state index in [2.05, 4.69) is 5.32 Å². The molecule has 0 aromatic heterocycles. The summed E-state index contributed by atoms with van der Waals surface area (Å²) in [4.78, 5) is 13.4. The van der Waals surface area contributed by atoms with Crippen LogP contribution in [0, 0.1) is 11.8 Å². The summed E-state index contributed by atoms with van der Waals surface area (Å²) in [5.74, 6) is 1.31. The van der Waals surface area contributed by atoms with Gasteiger partial charge in [0.05, 0.1) is 0 Å². The van der Waals surface area contributed by atoms with E-state index in [1.54, 1.807) is 0 Å². The minimum absolute atomic E-state index is 0.0422. The summed E-state index contributed by atoms with van der Waals surface area (Å²) < 4.78 is 0. The lowest BCUT2D eigenvalue weighted by molar-refractivity contribution is -0.135. The van der Waals surface area contributed by atoms with Crippen LogP contribution in [-0.2, 0) is 4.79 Å². The van der Waals surface area contributed by atoms with Crippen LogP contribution in [0.3, 0.4) is 0 Å². The van der Waals surface area contributed by atoms with Crippen molar-refractivity contribution < 1.29 is 9.90 Å². The minimum Gasteiger partial charge on any atom is -0.383 e. The summed E-state index contributed by atoms with van der Waals surface area (Å²) in [6, 6.07) is 0.450. The summed E-state index contributed by atoms with van der Waals surface area (Å²) >= 11 is 0. The van der Waals surface area contributed by atoms with Crippen LogP contribution in [0.15, 0.2) is 0 Å². The Hall–Kier alpha value is -0.610. The molecule has 4 atom stereocenters. The van der Waals surface area contributed by atoms with Crippen molar-refractivity contribution in [1.82, 2.24) is 10.2 Å². The fourth-order valence-corrected chi connectivity index (χ4v) is 2.83. The zero-order valence-electron chi connectivity index (χ0n) is 7.44. The second kappa shape index (κ2) is 2.45. The molecule has 0 spiro atoms. The van der Waals surface area contributed by atoms with Gasteiger partial charge in [0.25, 0.3) is 5.91 Å². The van der Waals surface area contributed by atoms with Crippen LogP contribution in [0.1, 0.15) is 6.42 Å². The Morgan fingerprint density at radius 2 is 2.08 bits per heavy atom. The minimum atomic E-state index is -0.714. The van der Waals surface area contributed by atoms with Gasteiger partial charge in [0.2, 0.25) is 0 Å². The van der Waals surface area contributed by atoms with Gasteiger partial charge in [-0.2, -0.15) is 0 Å². The number of amides is 1. The Morgan fingerprint density at radius 1 is 1.38 bits per heavy atom. The molecule has 3 rings (SSSR count). The average molecular weight is 182 g/mol. The molecule has 2 aliphatic heterocycles. The highest BCUT2D eigenvalue weighted by atomic mass is 16.3. The maximum Gasteiger partial charge on any atom is 0.251 e. The summed E-state index contributed by atoms with van der Waals surface area (Å²) in [7, 11) is 0. The highest BCUT2D eigenvalue weighted by Gasteiger charge is 2.58. The van der Waals surface area contributed by atoms with Crippen molar-refractivity contribution in [3.05, 3.63) is 0 Å². The molecule has 1 aliphatic carbocycles. The third kappa shape index (κ3) is 0.957. The first-order chi connectivity index (χ1) is 6.29. The van der Waals surface area contributed by atoms with Gasteiger partial charge in [0.1, 0.15) is 6.10 Å². The number of aliphatic hydroxyl groups excluding tert-OH is 1. The summed E-state index contributed by atoms with van der Waals surface area (Å²) in [6.45, 7) is 2.86. The van der Waals surface area contributed by atoms with E-state index in [1.165, 1.54) is 0 Å². The van der Waals surface area contributed by atoms with Gasteiger partial charge in [-0.05, 0) is 18.3 Å². The first-order valence-electron chi connectivity index (χ1n) is 4.98. The first-order valence-corrected chi connectivity index (χ1v) is 4.98. The van der Waals surface area contributed by atoms with E-state index in [0.717, 1.165) is 19.6 Å². The number of likely N-dealkylation sites (tertiary alicyclic amines) is 1. The SMILES string of the molecule is O=C1C(O)CCN1C1[C@H]2CNC[C@@H]12. The number of nitrogens with zero attached hydrogens (tertiary/aromatic N) is 1. The Bertz CT molecular complexity index is 246. The fourth-order valence-electron chi connectivity index (χ4n) is 2.83. The van der Waals surface area contributed by atoms with Crippen molar-refractivity contribution in [3.63, 3.8) is 0 Å². The standard InChI is InChI=1S/C9H14N2O2/c12-7-1-2-11(9(7)13)8-5-3-10-4-6(5)8/h5-8,10,12H,1-4H2/t5-,6+,7?,8?. The summed E-state index contributed by atoms with van der Waals surface area (Å²) in [6.07, 6.45) is -0.0864. The summed E-state index contributed by atoms with van der Waals surface area (Å²) in [5.41, 5.74) is 0. The Kier molecular flexibility index (Phi) is 1.46. The molecule has 0 bridgehead atoms. The van der Waals surface area contributed by atoms with Gasteiger partial charge in [0.15, 0.2) is 0 Å². The first kappa shape index (κ1) is 7.76. The highest BCUT2D eigenvalue weighted by molar-refractivity contribution is 5.83. The molecule has 0 aromatic carbocycles. The number of hydrogen-bond donors (Lipinski definition) is 2. The molecule has 2 unspecified atom stereocenters. The fraction of sp³-hybridized carbons (Fsp3) is 0.889. The van der Waals surface area contributed by atoms with E-state index in [0.29, 0.717) is 24.3 Å². The Morgan fingerprint density at radius 3 is 2.62 bits per heavy atom. The molecule has 4 nitrogen and oxygen atoms in total. The van der Waals surface area contributed by atoms with E-state index < -0.39 is 6.10 Å². The van der Waals surface area contributed by atoms with Gasteiger partial charge >= 0.3 is 0 Å². The maximum absolute atomic E-state index is 11.5. The van der Waals surface area contributed by atoms with Gasteiger partial charge < -0.3 is 15.3 Å². The maximum atomic E-state index is 11.5. The molecular formula is C9H14N2O2. The average Bonchev–Trinajstić information content (AvgIpc) is 2.49. The number of aliphatic hydroxyl groups is 1. The third-order valence-corrected chi connectivity index (χ3v) is 3.62. The lowest BCUT2D eigenvalue weighted by atomic mass is 10.3. The van der Waals surface area contributed by atoms with Gasteiger partial charge in [-0.3, -0.25) is 4.79 Å². The lowest BCUT2D eigenvalue weighted by Crippen LogP contribution is -2.36. The number of carbonyl (C=O) groups is 1. The predicted octanol–water partition coefficient (Wildman–Crippen LogP) is -1.20. The molecule has 1 saturated carbocycles. The highest BCUT2D eigenvalue weighted by Crippen LogP contribution is 2.46. The molecule has 2 N–H and O–H groups in total. The van der Waals surface area contributed by atoms with Crippen LogP contribution in [0.2, 0.25) is 0 Å². The van der Waals surface area contributed by atoms with Gasteiger partial charge in [-0.25, -0.2) is 0 Å². The molecule has 1 amide bonds. The molecule has 3 fully saturated rings. The van der Waals surface area contributed by atoms with Crippen LogP contribution < -0.4 is 5.32 Å². The predicted molar refractivity (Wildman–Crippen MR) is 46.0 cm³/mol. The number of piperidine rings is 1. The van der Waals surface area contributed by atoms with E-state index in [-0.39, 0.29) is 5.91 Å². The molecule has 3 aliphatic rings. The van der Waals surface area contributed by atoms with E-state index in [4.69, 9.17) is 0 Å². The van der Waals surface area contributed by atoms with Crippen molar-refractivity contribution in [1.29, 1.82) is 0 Å². The van der Waals surface area contributed by atoms with Crippen LogP contribution in [0.25, 0.3) is 0 Å².